The Bertz CT molecular complexity index is 1130. The highest BCUT2D eigenvalue weighted by atomic mass is 32.1. The standard InChI is InChI=1S/C21H23N5OS/c1-3-9-25-10-8-16-17(12-25)28-21-19(16)20-23-18(24-26(20)13-22-21)11-14-4-6-15(27-2)7-5-14/h4-7,13H,3,8-12H2,1-2H3/p+1. The molecule has 6 nitrogen and oxygen atoms in total. The average molecular weight is 395 g/mol. The first kappa shape index (κ1) is 17.6. The van der Waals surface area contributed by atoms with Gasteiger partial charge in [-0.3, -0.25) is 0 Å². The van der Waals surface area contributed by atoms with E-state index >= 15 is 0 Å². The van der Waals surface area contributed by atoms with Crippen molar-refractivity contribution in [3.05, 3.63) is 52.4 Å². The Hall–Kier alpha value is -2.51. The van der Waals surface area contributed by atoms with E-state index in [1.165, 1.54) is 40.9 Å². The molecular weight excluding hydrogens is 370 g/mol. The van der Waals surface area contributed by atoms with Crippen LogP contribution in [0.25, 0.3) is 15.9 Å². The number of quaternary nitrogens is 1. The summed E-state index contributed by atoms with van der Waals surface area (Å²) in [7, 11) is 1.68. The summed E-state index contributed by atoms with van der Waals surface area (Å²) in [6.07, 6.45) is 4.85. The van der Waals surface area contributed by atoms with Gasteiger partial charge in [-0.25, -0.2) is 14.5 Å². The van der Waals surface area contributed by atoms with Gasteiger partial charge >= 0.3 is 0 Å². The molecule has 1 unspecified atom stereocenters. The first-order valence-electron chi connectivity index (χ1n) is 9.86. The SMILES string of the molecule is CCC[NH+]1CCc2c(sc3ncn4nc(Cc5ccc(OC)cc5)nc4c23)C1. The van der Waals surface area contributed by atoms with Gasteiger partial charge in [0.2, 0.25) is 0 Å². The quantitative estimate of drug-likeness (QED) is 0.564. The Balaban J connectivity index is 1.51. The first-order valence-corrected chi connectivity index (χ1v) is 10.7. The van der Waals surface area contributed by atoms with Crippen LogP contribution in [-0.4, -0.2) is 39.8 Å². The summed E-state index contributed by atoms with van der Waals surface area (Å²) in [5, 5.41) is 5.90. The lowest BCUT2D eigenvalue weighted by Gasteiger charge is -2.23. The second-order valence-electron chi connectivity index (χ2n) is 7.43. The second-order valence-corrected chi connectivity index (χ2v) is 8.51. The molecule has 4 heterocycles. The molecule has 1 atom stereocenters. The fourth-order valence-corrected chi connectivity index (χ4v) is 5.39. The highest BCUT2D eigenvalue weighted by Gasteiger charge is 2.26. The Morgan fingerprint density at radius 3 is 2.89 bits per heavy atom. The molecular formula is C21H24N5OS+. The lowest BCUT2D eigenvalue weighted by atomic mass is 10.1. The largest absolute Gasteiger partial charge is 0.497 e. The monoisotopic (exact) mass is 394 g/mol. The average Bonchev–Trinajstić information content (AvgIpc) is 3.28. The van der Waals surface area contributed by atoms with E-state index in [9.17, 15) is 0 Å². The number of methoxy groups -OCH3 is 1. The number of benzene rings is 1. The Labute approximate surface area is 167 Å². The summed E-state index contributed by atoms with van der Waals surface area (Å²) in [6.45, 7) is 5.82. The number of hydrogen-bond donors (Lipinski definition) is 1. The highest BCUT2D eigenvalue weighted by Crippen LogP contribution is 2.33. The van der Waals surface area contributed by atoms with Gasteiger partial charge in [0, 0.05) is 12.8 Å². The van der Waals surface area contributed by atoms with Crippen molar-refractivity contribution < 1.29 is 9.64 Å². The van der Waals surface area contributed by atoms with Gasteiger partial charge in [0.05, 0.1) is 30.5 Å². The summed E-state index contributed by atoms with van der Waals surface area (Å²) in [5.41, 5.74) is 3.57. The molecule has 0 radical (unpaired) electrons. The van der Waals surface area contributed by atoms with Crippen molar-refractivity contribution in [1.82, 2.24) is 19.6 Å². The number of ether oxygens (including phenoxy) is 1. The van der Waals surface area contributed by atoms with Crippen LogP contribution in [0.4, 0.5) is 0 Å². The van der Waals surface area contributed by atoms with Crippen LogP contribution in [-0.2, 0) is 19.4 Å². The van der Waals surface area contributed by atoms with Crippen LogP contribution in [0.1, 0.15) is 35.2 Å². The molecule has 144 valence electrons. The molecule has 0 saturated carbocycles. The van der Waals surface area contributed by atoms with Crippen LogP contribution < -0.4 is 9.64 Å². The van der Waals surface area contributed by atoms with E-state index in [1.807, 2.05) is 28.0 Å². The fraction of sp³-hybridized carbons (Fsp3) is 0.381. The third-order valence-electron chi connectivity index (χ3n) is 5.52. The zero-order valence-corrected chi connectivity index (χ0v) is 17.1. The molecule has 1 aliphatic heterocycles. The van der Waals surface area contributed by atoms with Crippen molar-refractivity contribution in [3.8, 4) is 5.75 Å². The molecule has 0 spiro atoms. The van der Waals surface area contributed by atoms with Crippen molar-refractivity contribution >= 4 is 27.2 Å². The maximum Gasteiger partial charge on any atom is 0.167 e. The van der Waals surface area contributed by atoms with E-state index in [0.29, 0.717) is 6.42 Å². The summed E-state index contributed by atoms with van der Waals surface area (Å²) >= 11 is 1.83. The van der Waals surface area contributed by atoms with E-state index in [-0.39, 0.29) is 0 Å². The van der Waals surface area contributed by atoms with Gasteiger partial charge in [-0.2, -0.15) is 0 Å². The van der Waals surface area contributed by atoms with E-state index in [0.717, 1.165) is 35.0 Å². The number of thiophene rings is 1. The number of fused-ring (bicyclic) bond motifs is 5. The Kier molecular flexibility index (Phi) is 4.49. The number of rotatable bonds is 5. The molecule has 4 aromatic rings. The Morgan fingerprint density at radius 2 is 2.11 bits per heavy atom. The molecule has 0 amide bonds. The molecule has 1 N–H and O–H groups in total. The van der Waals surface area contributed by atoms with Gasteiger partial charge in [0.1, 0.15) is 23.5 Å². The highest BCUT2D eigenvalue weighted by molar-refractivity contribution is 7.19. The first-order chi connectivity index (χ1) is 13.7. The topological polar surface area (TPSA) is 56.8 Å². The summed E-state index contributed by atoms with van der Waals surface area (Å²) in [6, 6.07) is 8.08. The van der Waals surface area contributed by atoms with Gasteiger partial charge in [-0.1, -0.05) is 19.1 Å². The summed E-state index contributed by atoms with van der Waals surface area (Å²) in [4.78, 5) is 13.8. The minimum absolute atomic E-state index is 0.702. The number of aromatic nitrogens is 4. The minimum Gasteiger partial charge on any atom is -0.497 e. The predicted octanol–water partition coefficient (Wildman–Crippen LogP) is 2.29. The number of nitrogens with zero attached hydrogens (tertiary/aromatic N) is 4. The van der Waals surface area contributed by atoms with Crippen LogP contribution in [0.5, 0.6) is 5.75 Å². The van der Waals surface area contributed by atoms with Crippen LogP contribution in [0.15, 0.2) is 30.6 Å². The molecule has 0 saturated heterocycles. The smallest absolute Gasteiger partial charge is 0.167 e. The van der Waals surface area contributed by atoms with Gasteiger partial charge in [-0.05, 0) is 29.7 Å². The van der Waals surface area contributed by atoms with E-state index in [1.54, 1.807) is 18.3 Å². The lowest BCUT2D eigenvalue weighted by Crippen LogP contribution is -3.11. The van der Waals surface area contributed by atoms with Crippen molar-refractivity contribution in [2.45, 2.75) is 32.7 Å². The Morgan fingerprint density at radius 1 is 1.25 bits per heavy atom. The van der Waals surface area contributed by atoms with E-state index in [2.05, 4.69) is 29.1 Å². The zero-order valence-electron chi connectivity index (χ0n) is 16.2. The second kappa shape index (κ2) is 7.14. The summed E-state index contributed by atoms with van der Waals surface area (Å²) < 4.78 is 7.08. The maximum atomic E-state index is 5.24. The normalized spacial score (nSPS) is 16.6. The molecule has 3 aromatic heterocycles. The molecule has 7 heteroatoms. The van der Waals surface area contributed by atoms with Gasteiger partial charge < -0.3 is 9.64 Å². The molecule has 1 aliphatic rings. The van der Waals surface area contributed by atoms with Crippen LogP contribution in [0.2, 0.25) is 0 Å². The van der Waals surface area contributed by atoms with Gasteiger partial charge in [-0.15, -0.1) is 16.4 Å². The molecule has 0 aliphatic carbocycles. The van der Waals surface area contributed by atoms with Gasteiger partial charge in [0.15, 0.2) is 11.5 Å². The third-order valence-corrected chi connectivity index (χ3v) is 6.66. The molecule has 1 aromatic carbocycles. The maximum absolute atomic E-state index is 5.24. The van der Waals surface area contributed by atoms with E-state index < -0.39 is 0 Å². The summed E-state index contributed by atoms with van der Waals surface area (Å²) in [5.74, 6) is 1.69. The zero-order chi connectivity index (χ0) is 19.1. The predicted molar refractivity (Wildman–Crippen MR) is 110 cm³/mol. The van der Waals surface area contributed by atoms with Crippen molar-refractivity contribution in [2.75, 3.05) is 20.2 Å². The number of nitrogens with one attached hydrogen (secondary N) is 1. The van der Waals surface area contributed by atoms with Gasteiger partial charge in [0.25, 0.3) is 0 Å². The molecule has 5 rings (SSSR count). The molecule has 0 bridgehead atoms. The van der Waals surface area contributed by atoms with Crippen LogP contribution >= 0.6 is 11.3 Å². The van der Waals surface area contributed by atoms with Crippen molar-refractivity contribution in [2.24, 2.45) is 0 Å². The van der Waals surface area contributed by atoms with Crippen molar-refractivity contribution in [3.63, 3.8) is 0 Å². The van der Waals surface area contributed by atoms with Crippen molar-refractivity contribution in [1.29, 1.82) is 0 Å². The minimum atomic E-state index is 0.702. The van der Waals surface area contributed by atoms with Crippen LogP contribution in [0, 0.1) is 0 Å². The van der Waals surface area contributed by atoms with E-state index in [4.69, 9.17) is 9.72 Å². The van der Waals surface area contributed by atoms with Crippen LogP contribution in [0.3, 0.4) is 0 Å². The lowest BCUT2D eigenvalue weighted by molar-refractivity contribution is -0.915. The number of hydrogen-bond acceptors (Lipinski definition) is 5. The molecule has 0 fully saturated rings. The third kappa shape index (κ3) is 3.04. The molecule has 28 heavy (non-hydrogen) atoms. The fourth-order valence-electron chi connectivity index (χ4n) is 4.14.